The predicted molar refractivity (Wildman–Crippen MR) is 105 cm³/mol. The van der Waals surface area contributed by atoms with Gasteiger partial charge in [-0.05, 0) is 30.9 Å². The summed E-state index contributed by atoms with van der Waals surface area (Å²) < 4.78 is 1.51. The molecule has 0 bridgehead atoms. The van der Waals surface area contributed by atoms with Crippen molar-refractivity contribution in [3.63, 3.8) is 0 Å². The highest BCUT2D eigenvalue weighted by Crippen LogP contribution is 2.28. The second kappa shape index (κ2) is 8.31. The third-order valence-corrected chi connectivity index (χ3v) is 5.99. The average molecular weight is 402 g/mol. The van der Waals surface area contributed by atoms with Gasteiger partial charge in [-0.25, -0.2) is 4.68 Å². The summed E-state index contributed by atoms with van der Waals surface area (Å²) in [5.41, 5.74) is 0.962. The molecule has 1 saturated carbocycles. The van der Waals surface area contributed by atoms with E-state index in [1.165, 1.54) is 30.4 Å². The van der Waals surface area contributed by atoms with Gasteiger partial charge >= 0.3 is 0 Å². The zero-order valence-electron chi connectivity index (χ0n) is 15.8. The number of halogens is 1. The first-order valence-electron chi connectivity index (χ1n) is 9.86. The van der Waals surface area contributed by atoms with E-state index in [-0.39, 0.29) is 17.5 Å². The molecule has 0 radical (unpaired) electrons. The zero-order valence-corrected chi connectivity index (χ0v) is 16.5. The smallest absolute Gasteiger partial charge is 0.276 e. The quantitative estimate of drug-likeness (QED) is 0.789. The fourth-order valence-corrected chi connectivity index (χ4v) is 4.25. The molecule has 2 aromatic rings. The maximum Gasteiger partial charge on any atom is 0.276 e. The van der Waals surface area contributed by atoms with Crippen LogP contribution in [0.3, 0.4) is 0 Å². The van der Waals surface area contributed by atoms with Crippen LogP contribution in [-0.4, -0.2) is 62.8 Å². The lowest BCUT2D eigenvalue weighted by atomic mass is 10.0. The number of amides is 2. The Morgan fingerprint density at radius 2 is 1.71 bits per heavy atom. The molecular weight excluding hydrogens is 378 g/mol. The lowest BCUT2D eigenvalue weighted by molar-refractivity contribution is -0.133. The van der Waals surface area contributed by atoms with Crippen LogP contribution in [0.1, 0.15) is 42.6 Å². The second-order valence-corrected chi connectivity index (χ2v) is 7.93. The number of rotatable bonds is 4. The minimum Gasteiger partial charge on any atom is -0.339 e. The number of carbonyl (C=O) groups excluding carboxylic acids is 2. The van der Waals surface area contributed by atoms with Crippen LogP contribution in [0.2, 0.25) is 5.02 Å². The number of aromatic nitrogens is 3. The van der Waals surface area contributed by atoms with E-state index in [0.717, 1.165) is 0 Å². The summed E-state index contributed by atoms with van der Waals surface area (Å²) >= 11 is 6.18. The predicted octanol–water partition coefficient (Wildman–Crippen LogP) is 2.79. The first kappa shape index (κ1) is 18.9. The topological polar surface area (TPSA) is 71.3 Å². The minimum atomic E-state index is -0.166. The summed E-state index contributed by atoms with van der Waals surface area (Å²) in [6.45, 7) is 2.20. The lowest BCUT2D eigenvalue weighted by Gasteiger charge is -2.34. The molecular formula is C20H24ClN5O2. The van der Waals surface area contributed by atoms with Gasteiger partial charge in [-0.2, -0.15) is 0 Å². The number of carbonyl (C=O) groups is 2. The number of hydrogen-bond donors (Lipinski definition) is 0. The van der Waals surface area contributed by atoms with E-state index in [4.69, 9.17) is 11.6 Å². The number of hydrogen-bond acceptors (Lipinski definition) is 4. The normalized spacial score (nSPS) is 17.9. The molecule has 1 aliphatic carbocycles. The Morgan fingerprint density at radius 3 is 2.43 bits per heavy atom. The Labute approximate surface area is 169 Å². The van der Waals surface area contributed by atoms with Gasteiger partial charge in [-0.1, -0.05) is 41.8 Å². The van der Waals surface area contributed by atoms with Gasteiger partial charge < -0.3 is 9.80 Å². The van der Waals surface area contributed by atoms with E-state index in [9.17, 15) is 9.59 Å². The van der Waals surface area contributed by atoms with Crippen LogP contribution < -0.4 is 0 Å². The molecule has 1 saturated heterocycles. The Morgan fingerprint density at radius 1 is 1.04 bits per heavy atom. The van der Waals surface area contributed by atoms with Crippen LogP contribution in [0.15, 0.2) is 30.5 Å². The molecule has 8 heteroatoms. The van der Waals surface area contributed by atoms with Crippen LogP contribution in [0.5, 0.6) is 0 Å². The van der Waals surface area contributed by atoms with E-state index in [1.54, 1.807) is 17.2 Å². The van der Waals surface area contributed by atoms with E-state index in [0.29, 0.717) is 49.2 Å². The summed E-state index contributed by atoms with van der Waals surface area (Å²) in [7, 11) is 0. The largest absolute Gasteiger partial charge is 0.339 e. The maximum absolute atomic E-state index is 12.8. The third kappa shape index (κ3) is 4.04. The fraction of sp³-hybridized carbons (Fsp3) is 0.500. The molecule has 1 aromatic heterocycles. The molecule has 1 aliphatic heterocycles. The maximum atomic E-state index is 12.8. The fourth-order valence-electron chi connectivity index (χ4n) is 4.03. The van der Waals surface area contributed by atoms with Crippen LogP contribution in [0.4, 0.5) is 0 Å². The van der Waals surface area contributed by atoms with Crippen LogP contribution >= 0.6 is 11.6 Å². The third-order valence-electron chi connectivity index (χ3n) is 5.67. The first-order valence-corrected chi connectivity index (χ1v) is 10.2. The van der Waals surface area contributed by atoms with Crippen molar-refractivity contribution in [1.82, 2.24) is 24.8 Å². The highest BCUT2D eigenvalue weighted by atomic mass is 35.5. The van der Waals surface area contributed by atoms with Crippen molar-refractivity contribution in [2.75, 3.05) is 26.2 Å². The second-order valence-electron chi connectivity index (χ2n) is 7.53. The van der Waals surface area contributed by atoms with Crippen molar-refractivity contribution in [1.29, 1.82) is 0 Å². The summed E-state index contributed by atoms with van der Waals surface area (Å²) in [4.78, 5) is 28.9. The van der Waals surface area contributed by atoms with Gasteiger partial charge in [0.05, 0.1) is 16.9 Å². The van der Waals surface area contributed by atoms with E-state index in [1.807, 2.05) is 23.1 Å². The molecule has 0 unspecified atom stereocenters. The molecule has 2 aliphatic rings. The molecule has 0 N–H and O–H groups in total. The molecule has 1 aromatic carbocycles. The van der Waals surface area contributed by atoms with E-state index < -0.39 is 0 Å². The van der Waals surface area contributed by atoms with Crippen molar-refractivity contribution in [3.8, 4) is 5.69 Å². The van der Waals surface area contributed by atoms with Gasteiger partial charge in [0.2, 0.25) is 5.91 Å². The number of nitrogens with zero attached hydrogens (tertiary/aromatic N) is 5. The van der Waals surface area contributed by atoms with Gasteiger partial charge in [0.25, 0.3) is 5.91 Å². The van der Waals surface area contributed by atoms with Gasteiger partial charge in [-0.3, -0.25) is 9.59 Å². The van der Waals surface area contributed by atoms with Gasteiger partial charge in [0, 0.05) is 32.6 Å². The van der Waals surface area contributed by atoms with Crippen molar-refractivity contribution in [2.45, 2.75) is 32.1 Å². The number of piperazine rings is 1. The standard InChI is InChI=1S/C20H24ClN5O2/c21-16-7-3-4-8-18(16)26-14-17(22-23-26)20(28)25-11-9-24(10-12-25)19(27)13-15-5-1-2-6-15/h3-4,7-8,14-15H,1-2,5-6,9-13H2. The highest BCUT2D eigenvalue weighted by Gasteiger charge is 2.28. The Balaban J connectivity index is 1.34. The van der Waals surface area contributed by atoms with Crippen molar-refractivity contribution in [2.24, 2.45) is 5.92 Å². The summed E-state index contributed by atoms with van der Waals surface area (Å²) in [6.07, 6.45) is 7.09. The molecule has 4 rings (SSSR count). The molecule has 0 spiro atoms. The van der Waals surface area contributed by atoms with Gasteiger partial charge in [0.15, 0.2) is 5.69 Å². The lowest BCUT2D eigenvalue weighted by Crippen LogP contribution is -2.50. The monoisotopic (exact) mass is 401 g/mol. The molecule has 0 atom stereocenters. The van der Waals surface area contributed by atoms with Crippen molar-refractivity contribution < 1.29 is 9.59 Å². The Hall–Kier alpha value is -2.41. The minimum absolute atomic E-state index is 0.166. The Kier molecular flexibility index (Phi) is 5.62. The molecule has 28 heavy (non-hydrogen) atoms. The van der Waals surface area contributed by atoms with E-state index >= 15 is 0 Å². The number of para-hydroxylation sites is 1. The average Bonchev–Trinajstić information content (AvgIpc) is 3.40. The van der Waals surface area contributed by atoms with Crippen LogP contribution in [0, 0.1) is 5.92 Å². The Bertz CT molecular complexity index is 854. The molecule has 2 heterocycles. The highest BCUT2D eigenvalue weighted by molar-refractivity contribution is 6.32. The molecule has 2 fully saturated rings. The number of benzene rings is 1. The SMILES string of the molecule is O=C(CC1CCCC1)N1CCN(C(=O)c2cn(-c3ccccc3Cl)nn2)CC1. The summed E-state index contributed by atoms with van der Waals surface area (Å²) in [6, 6.07) is 7.27. The van der Waals surface area contributed by atoms with Crippen LogP contribution in [0.25, 0.3) is 5.69 Å². The van der Waals surface area contributed by atoms with Crippen molar-refractivity contribution >= 4 is 23.4 Å². The van der Waals surface area contributed by atoms with E-state index in [2.05, 4.69) is 10.3 Å². The molecule has 7 nitrogen and oxygen atoms in total. The summed E-state index contributed by atoms with van der Waals surface area (Å²) in [5, 5.41) is 8.59. The van der Waals surface area contributed by atoms with Gasteiger partial charge in [-0.15, -0.1) is 5.10 Å². The molecule has 148 valence electrons. The van der Waals surface area contributed by atoms with Crippen molar-refractivity contribution in [3.05, 3.63) is 41.2 Å². The van der Waals surface area contributed by atoms with Crippen LogP contribution in [-0.2, 0) is 4.79 Å². The van der Waals surface area contributed by atoms with Gasteiger partial charge in [0.1, 0.15) is 0 Å². The zero-order chi connectivity index (χ0) is 19.5. The first-order chi connectivity index (χ1) is 13.6. The molecule has 2 amide bonds. The summed E-state index contributed by atoms with van der Waals surface area (Å²) in [5.74, 6) is 0.608.